The molecular formula is C16H17BrN2O3S. The number of aryl methyl sites for hydroxylation is 2. The topological polar surface area (TPSA) is 75.3 Å². The average molecular weight is 397 g/mol. The summed E-state index contributed by atoms with van der Waals surface area (Å²) < 4.78 is 27.2. The molecule has 2 aromatic rings. The van der Waals surface area contributed by atoms with Gasteiger partial charge >= 0.3 is 0 Å². The molecule has 0 unspecified atom stereocenters. The summed E-state index contributed by atoms with van der Waals surface area (Å²) in [6, 6.07) is 12.1. The molecule has 0 radical (unpaired) electrons. The highest BCUT2D eigenvalue weighted by molar-refractivity contribution is 9.10. The van der Waals surface area contributed by atoms with Gasteiger partial charge in [0.15, 0.2) is 0 Å². The van der Waals surface area contributed by atoms with E-state index in [0.717, 1.165) is 11.1 Å². The molecule has 2 rings (SSSR count). The molecule has 7 heteroatoms. The fourth-order valence-corrected chi connectivity index (χ4v) is 3.95. The minimum absolute atomic E-state index is 0.0968. The van der Waals surface area contributed by atoms with Crippen LogP contribution in [0.4, 0.5) is 5.69 Å². The minimum Gasteiger partial charge on any atom is -0.325 e. The van der Waals surface area contributed by atoms with E-state index < -0.39 is 15.9 Å². The maximum absolute atomic E-state index is 12.2. The van der Waals surface area contributed by atoms with Gasteiger partial charge in [-0.25, -0.2) is 13.1 Å². The summed E-state index contributed by atoms with van der Waals surface area (Å²) in [5, 5.41) is 2.71. The molecule has 0 aliphatic heterocycles. The number of sulfonamides is 1. The van der Waals surface area contributed by atoms with Crippen molar-refractivity contribution in [2.75, 3.05) is 11.9 Å². The van der Waals surface area contributed by atoms with Crippen molar-refractivity contribution in [3.8, 4) is 0 Å². The van der Waals surface area contributed by atoms with Crippen LogP contribution in [0.15, 0.2) is 51.8 Å². The molecule has 0 saturated carbocycles. The van der Waals surface area contributed by atoms with Crippen LogP contribution in [-0.4, -0.2) is 20.9 Å². The van der Waals surface area contributed by atoms with E-state index in [1.807, 2.05) is 32.0 Å². The molecule has 0 aliphatic rings. The zero-order valence-electron chi connectivity index (χ0n) is 12.8. The Bertz CT molecular complexity index is 835. The van der Waals surface area contributed by atoms with Crippen LogP contribution < -0.4 is 10.0 Å². The number of halogens is 1. The number of hydrogen-bond donors (Lipinski definition) is 2. The molecule has 0 spiro atoms. The van der Waals surface area contributed by atoms with E-state index in [9.17, 15) is 13.2 Å². The third kappa shape index (κ3) is 4.63. The molecule has 122 valence electrons. The standard InChI is InChI=1S/C16H17BrN2O3S/c1-11-7-8-12(2)14(9-11)19-16(20)10-18-23(21,22)15-6-4-3-5-13(15)17/h3-9,18H,10H2,1-2H3,(H,19,20). The maximum Gasteiger partial charge on any atom is 0.242 e. The zero-order valence-corrected chi connectivity index (χ0v) is 15.2. The Morgan fingerprint density at radius 2 is 1.83 bits per heavy atom. The molecule has 0 aliphatic carbocycles. The lowest BCUT2D eigenvalue weighted by Crippen LogP contribution is -2.33. The van der Waals surface area contributed by atoms with Gasteiger partial charge in [-0.3, -0.25) is 4.79 Å². The molecule has 0 bridgehead atoms. The van der Waals surface area contributed by atoms with Gasteiger partial charge in [0.05, 0.1) is 11.4 Å². The molecule has 0 atom stereocenters. The van der Waals surface area contributed by atoms with E-state index >= 15 is 0 Å². The fourth-order valence-electron chi connectivity index (χ4n) is 1.97. The molecule has 0 fully saturated rings. The first kappa shape index (κ1) is 17.7. The number of amides is 1. The Morgan fingerprint density at radius 1 is 1.13 bits per heavy atom. The lowest BCUT2D eigenvalue weighted by atomic mass is 10.1. The summed E-state index contributed by atoms with van der Waals surface area (Å²) in [5.74, 6) is -0.422. The summed E-state index contributed by atoms with van der Waals surface area (Å²) >= 11 is 3.19. The van der Waals surface area contributed by atoms with Crippen LogP contribution in [0.5, 0.6) is 0 Å². The highest BCUT2D eigenvalue weighted by Gasteiger charge is 2.18. The monoisotopic (exact) mass is 396 g/mol. The van der Waals surface area contributed by atoms with Crippen molar-refractivity contribution in [1.82, 2.24) is 4.72 Å². The average Bonchev–Trinajstić information content (AvgIpc) is 2.49. The van der Waals surface area contributed by atoms with Crippen molar-refractivity contribution >= 4 is 37.5 Å². The maximum atomic E-state index is 12.2. The second-order valence-corrected chi connectivity index (χ2v) is 7.71. The molecule has 0 aromatic heterocycles. The van der Waals surface area contributed by atoms with Gasteiger partial charge in [-0.05, 0) is 59.1 Å². The molecule has 23 heavy (non-hydrogen) atoms. The summed E-state index contributed by atoms with van der Waals surface area (Å²) in [6.45, 7) is 3.46. The normalized spacial score (nSPS) is 11.3. The zero-order chi connectivity index (χ0) is 17.0. The van der Waals surface area contributed by atoms with Gasteiger partial charge in [0, 0.05) is 10.2 Å². The Hall–Kier alpha value is -1.70. The summed E-state index contributed by atoms with van der Waals surface area (Å²) in [6.07, 6.45) is 0. The van der Waals surface area contributed by atoms with Gasteiger partial charge in [0.2, 0.25) is 15.9 Å². The Balaban J connectivity index is 2.04. The van der Waals surface area contributed by atoms with Crippen molar-refractivity contribution in [2.45, 2.75) is 18.7 Å². The van der Waals surface area contributed by atoms with E-state index in [4.69, 9.17) is 0 Å². The summed E-state index contributed by atoms with van der Waals surface area (Å²) in [4.78, 5) is 12.1. The molecular weight excluding hydrogens is 380 g/mol. The second kappa shape index (κ2) is 7.25. The number of anilines is 1. The van der Waals surface area contributed by atoms with Crippen LogP contribution in [0.3, 0.4) is 0 Å². The van der Waals surface area contributed by atoms with E-state index in [1.165, 1.54) is 6.07 Å². The number of nitrogens with one attached hydrogen (secondary N) is 2. The van der Waals surface area contributed by atoms with E-state index in [0.29, 0.717) is 10.2 Å². The molecule has 1 amide bonds. The van der Waals surface area contributed by atoms with Crippen LogP contribution in [-0.2, 0) is 14.8 Å². The molecule has 2 aromatic carbocycles. The fraction of sp³-hybridized carbons (Fsp3) is 0.188. The highest BCUT2D eigenvalue weighted by atomic mass is 79.9. The highest BCUT2D eigenvalue weighted by Crippen LogP contribution is 2.21. The molecule has 0 heterocycles. The van der Waals surface area contributed by atoms with Gasteiger partial charge in [0.25, 0.3) is 0 Å². The Kier molecular flexibility index (Phi) is 5.56. The largest absolute Gasteiger partial charge is 0.325 e. The van der Waals surface area contributed by atoms with Crippen molar-refractivity contribution in [2.24, 2.45) is 0 Å². The van der Waals surface area contributed by atoms with Crippen molar-refractivity contribution in [3.63, 3.8) is 0 Å². The van der Waals surface area contributed by atoms with Crippen LogP contribution in [0.1, 0.15) is 11.1 Å². The van der Waals surface area contributed by atoms with Gasteiger partial charge < -0.3 is 5.32 Å². The van der Waals surface area contributed by atoms with Gasteiger partial charge in [-0.2, -0.15) is 0 Å². The third-order valence-corrected chi connectivity index (χ3v) is 5.63. The van der Waals surface area contributed by atoms with E-state index in [1.54, 1.807) is 18.2 Å². The number of rotatable bonds is 5. The van der Waals surface area contributed by atoms with Crippen LogP contribution in [0, 0.1) is 13.8 Å². The SMILES string of the molecule is Cc1ccc(C)c(NC(=O)CNS(=O)(=O)c2ccccc2Br)c1. The van der Waals surface area contributed by atoms with Gasteiger partial charge in [0.1, 0.15) is 0 Å². The first-order valence-corrected chi connectivity index (χ1v) is 9.18. The first-order valence-electron chi connectivity index (χ1n) is 6.91. The molecule has 2 N–H and O–H groups in total. The van der Waals surface area contributed by atoms with Crippen molar-refractivity contribution in [3.05, 3.63) is 58.1 Å². The second-order valence-electron chi connectivity index (χ2n) is 5.12. The predicted octanol–water partition coefficient (Wildman–Crippen LogP) is 2.98. The van der Waals surface area contributed by atoms with E-state index in [2.05, 4.69) is 26.0 Å². The quantitative estimate of drug-likeness (QED) is 0.815. The van der Waals surface area contributed by atoms with Crippen molar-refractivity contribution < 1.29 is 13.2 Å². The van der Waals surface area contributed by atoms with E-state index in [-0.39, 0.29) is 11.4 Å². The van der Waals surface area contributed by atoms with Crippen LogP contribution in [0.25, 0.3) is 0 Å². The van der Waals surface area contributed by atoms with Crippen LogP contribution in [0.2, 0.25) is 0 Å². The Labute approximate surface area is 144 Å². The third-order valence-electron chi connectivity index (χ3n) is 3.22. The van der Waals surface area contributed by atoms with Gasteiger partial charge in [-0.15, -0.1) is 0 Å². The first-order chi connectivity index (χ1) is 10.8. The number of benzene rings is 2. The number of carbonyl (C=O) groups excluding carboxylic acids is 1. The minimum atomic E-state index is -3.75. The molecule has 0 saturated heterocycles. The van der Waals surface area contributed by atoms with Crippen molar-refractivity contribution in [1.29, 1.82) is 0 Å². The predicted molar refractivity (Wildman–Crippen MR) is 93.9 cm³/mol. The van der Waals surface area contributed by atoms with Gasteiger partial charge in [-0.1, -0.05) is 24.3 Å². The summed E-state index contributed by atoms with van der Waals surface area (Å²) in [5.41, 5.74) is 2.60. The Morgan fingerprint density at radius 3 is 2.52 bits per heavy atom. The molecule has 5 nitrogen and oxygen atoms in total. The number of carbonyl (C=O) groups is 1. The lowest BCUT2D eigenvalue weighted by Gasteiger charge is -2.11. The van der Waals surface area contributed by atoms with Crippen LogP contribution >= 0.6 is 15.9 Å². The summed E-state index contributed by atoms with van der Waals surface area (Å²) in [7, 11) is -3.75. The number of hydrogen-bond acceptors (Lipinski definition) is 3. The lowest BCUT2D eigenvalue weighted by molar-refractivity contribution is -0.115. The smallest absolute Gasteiger partial charge is 0.242 e.